The monoisotopic (exact) mass is 1140 g/mol. The number of aromatic hydroxyl groups is 1. The van der Waals surface area contributed by atoms with Crippen LogP contribution in [0.2, 0.25) is 0 Å². The normalized spacial score (nSPS) is 12.6. The highest BCUT2D eigenvalue weighted by atomic mass is 32.2. The maximum absolute atomic E-state index is 14.7. The average molecular weight is 1140 g/mol. The SMILES string of the molecule is C=CS(=O)(=O)c1ccc(/N=N/c2ccc(Nc3nc(F)nc(NC(C)CNc4nc(F)nc(Nc5ccc(S(=O)(=O)O)c(/N=N/c6c(C)c(CS(=O)(=O)O)c(=O)n(CC)c6O)c5)n4)n3)cc2NC(N)=O)c(S(=O)(=O)O)c1. The van der Waals surface area contributed by atoms with E-state index in [1.807, 2.05) is 0 Å². The lowest BCUT2D eigenvalue weighted by Gasteiger charge is -2.16. The number of carbonyl (C=O) groups excluding carboxylic acids is 1. The number of azo groups is 2. The van der Waals surface area contributed by atoms with Gasteiger partial charge in [-0.3, -0.25) is 23.0 Å². The van der Waals surface area contributed by atoms with Gasteiger partial charge in [0.05, 0.1) is 10.6 Å². The summed E-state index contributed by atoms with van der Waals surface area (Å²) in [4.78, 5) is 45.0. The van der Waals surface area contributed by atoms with Crippen LogP contribution in [0, 0.1) is 19.1 Å². The molecule has 2 amide bonds. The average Bonchev–Trinajstić information content (AvgIpc) is 3.30. The molecule has 3 heterocycles. The van der Waals surface area contributed by atoms with Gasteiger partial charge >= 0.3 is 18.2 Å². The van der Waals surface area contributed by atoms with E-state index in [0.29, 0.717) is 11.5 Å². The van der Waals surface area contributed by atoms with Crippen LogP contribution in [0.1, 0.15) is 25.0 Å². The molecule has 402 valence electrons. The molecule has 0 saturated heterocycles. The van der Waals surface area contributed by atoms with Gasteiger partial charge in [0, 0.05) is 41.5 Å². The molecule has 0 aliphatic carbocycles. The highest BCUT2D eigenvalue weighted by Crippen LogP contribution is 2.37. The Morgan fingerprint density at radius 1 is 0.763 bits per heavy atom. The van der Waals surface area contributed by atoms with E-state index in [-0.39, 0.29) is 59.2 Å². The number of sulfone groups is 1. The number of hydrogen-bond donors (Lipinski definition) is 10. The number of primary amides is 1. The maximum atomic E-state index is 14.7. The lowest BCUT2D eigenvalue weighted by molar-refractivity contribution is 0.259. The van der Waals surface area contributed by atoms with Crippen molar-refractivity contribution < 1.29 is 66.0 Å². The molecule has 6 rings (SSSR count). The third kappa shape index (κ3) is 14.4. The van der Waals surface area contributed by atoms with Crippen molar-refractivity contribution in [2.45, 2.75) is 53.8 Å². The van der Waals surface area contributed by atoms with E-state index in [0.717, 1.165) is 34.9 Å². The molecular formula is C39H39F2N17O14S4. The van der Waals surface area contributed by atoms with Gasteiger partial charge in [0.25, 0.3) is 35.9 Å². The van der Waals surface area contributed by atoms with E-state index in [9.17, 15) is 70.8 Å². The second-order valence-electron chi connectivity index (χ2n) is 15.3. The van der Waals surface area contributed by atoms with Gasteiger partial charge < -0.3 is 37.4 Å². The highest BCUT2D eigenvalue weighted by molar-refractivity contribution is 7.94. The number of nitrogens with one attached hydrogen (secondary N) is 5. The van der Waals surface area contributed by atoms with Gasteiger partial charge in [-0.15, -0.1) is 20.5 Å². The Morgan fingerprint density at radius 2 is 1.32 bits per heavy atom. The smallest absolute Gasteiger partial charge is 0.316 e. The molecule has 3 aromatic carbocycles. The molecule has 3 aromatic heterocycles. The number of aromatic nitrogens is 7. The number of urea groups is 1. The van der Waals surface area contributed by atoms with Crippen molar-refractivity contribution in [3.8, 4) is 5.88 Å². The number of anilines is 7. The molecule has 37 heteroatoms. The number of carbonyl (C=O) groups is 1. The Balaban J connectivity index is 1.17. The van der Waals surface area contributed by atoms with Crippen LogP contribution in [0.5, 0.6) is 5.88 Å². The summed E-state index contributed by atoms with van der Waals surface area (Å²) in [5.74, 6) is -3.48. The minimum absolute atomic E-state index is 0.0802. The van der Waals surface area contributed by atoms with Crippen LogP contribution in [-0.4, -0.2) is 106 Å². The number of amides is 2. The first kappa shape index (κ1) is 56.7. The largest absolute Gasteiger partial charge is 0.493 e. The Hall–Kier alpha value is -8.62. The van der Waals surface area contributed by atoms with Gasteiger partial charge in [-0.25, -0.2) is 13.2 Å². The molecule has 1 unspecified atom stereocenters. The molecule has 6 aromatic rings. The van der Waals surface area contributed by atoms with Gasteiger partial charge in [0.2, 0.25) is 29.7 Å². The molecule has 0 saturated carbocycles. The Bertz CT molecular complexity index is 3910. The Morgan fingerprint density at radius 3 is 1.91 bits per heavy atom. The van der Waals surface area contributed by atoms with E-state index in [1.54, 1.807) is 6.92 Å². The van der Waals surface area contributed by atoms with E-state index in [1.165, 1.54) is 32.0 Å². The van der Waals surface area contributed by atoms with Gasteiger partial charge in [0.1, 0.15) is 38.3 Å². The van der Waals surface area contributed by atoms with Crippen LogP contribution >= 0.6 is 0 Å². The third-order valence-corrected chi connectivity index (χ3v) is 13.7. The van der Waals surface area contributed by atoms with E-state index in [2.05, 4.69) is 83.5 Å². The third-order valence-electron chi connectivity index (χ3n) is 9.86. The van der Waals surface area contributed by atoms with Gasteiger partial charge in [-0.2, -0.15) is 63.9 Å². The molecule has 0 radical (unpaired) electrons. The number of nitrogens with zero attached hydrogens (tertiary/aromatic N) is 11. The number of nitrogens with two attached hydrogens (primary N) is 1. The predicted octanol–water partition coefficient (Wildman–Crippen LogP) is 5.05. The first-order valence-corrected chi connectivity index (χ1v) is 26.9. The molecule has 0 fully saturated rings. The fraction of sp³-hybridized carbons (Fsp3) is 0.179. The summed E-state index contributed by atoms with van der Waals surface area (Å²) >= 11 is 0. The van der Waals surface area contributed by atoms with Crippen molar-refractivity contribution in [2.75, 3.05) is 33.1 Å². The summed E-state index contributed by atoms with van der Waals surface area (Å²) in [5.41, 5.74) is 1.78. The molecular weight excluding hydrogens is 1100 g/mol. The van der Waals surface area contributed by atoms with Gasteiger partial charge in [-0.05, 0) is 80.9 Å². The number of benzene rings is 3. The fourth-order valence-electron chi connectivity index (χ4n) is 6.45. The molecule has 31 nitrogen and oxygen atoms in total. The van der Waals surface area contributed by atoms with Crippen molar-refractivity contribution in [3.05, 3.63) is 100 Å². The zero-order valence-corrected chi connectivity index (χ0v) is 42.2. The van der Waals surface area contributed by atoms with Gasteiger partial charge in [0.15, 0.2) is 9.84 Å². The van der Waals surface area contributed by atoms with Crippen molar-refractivity contribution >= 4 is 110 Å². The number of pyridine rings is 1. The van der Waals surface area contributed by atoms with Crippen molar-refractivity contribution in [2.24, 2.45) is 26.2 Å². The molecule has 11 N–H and O–H groups in total. The Labute approximate surface area is 427 Å². The van der Waals surface area contributed by atoms with Crippen molar-refractivity contribution in [3.63, 3.8) is 0 Å². The molecule has 76 heavy (non-hydrogen) atoms. The molecule has 1 atom stereocenters. The highest BCUT2D eigenvalue weighted by Gasteiger charge is 2.25. The summed E-state index contributed by atoms with van der Waals surface area (Å²) in [6.45, 7) is 7.02. The van der Waals surface area contributed by atoms with Crippen LogP contribution in [-0.2, 0) is 52.5 Å². The quantitative estimate of drug-likeness (QED) is 0.0333. The van der Waals surface area contributed by atoms with Crippen molar-refractivity contribution in [1.29, 1.82) is 0 Å². The zero-order valence-electron chi connectivity index (χ0n) is 38.9. The standard InChI is InChI=1S/C39H39F2N17O14S4/c1-5-58-31(59)23(17-74(64,65)66)19(4)30(32(58)60)57-56-27-14-21(8-12-28(27)75(67,68)69)46-38-50-33(40)48-36(52-38)43-16-18(3)44-37-49-34(41)51-39(53-37)45-20-7-10-24(26(13-20)47-35(42)61)54-55-25-11-9-22(73(62,63)6-2)15-29(25)76(70,71)72/h6-15,18,60H,2,5,16-17H2,1,3-4H3,(H3,42,47,61)(H,64,65,66)(H,67,68,69)(H,70,71,72)(H2,43,46,48,50,52)(H2,44,45,49,51,53)/b55-54+,57-56+. The number of rotatable bonds is 21. The van der Waals surface area contributed by atoms with Crippen LogP contribution < -0.4 is 37.9 Å². The number of hydrogen-bond acceptors (Lipinski definition) is 25. The van der Waals surface area contributed by atoms with Gasteiger partial charge in [-0.1, -0.05) is 6.58 Å². The van der Waals surface area contributed by atoms with Crippen molar-refractivity contribution in [1.82, 2.24) is 34.5 Å². The second kappa shape index (κ2) is 22.5. The van der Waals surface area contributed by atoms with Crippen LogP contribution in [0.25, 0.3) is 0 Å². The Kier molecular flexibility index (Phi) is 16.8. The zero-order chi connectivity index (χ0) is 56.1. The second-order valence-corrected chi connectivity index (χ2v) is 21.5. The summed E-state index contributed by atoms with van der Waals surface area (Å²) < 4.78 is 156. The lowest BCUT2D eigenvalue weighted by Crippen LogP contribution is -2.27. The number of halogens is 2. The summed E-state index contributed by atoms with van der Waals surface area (Å²) in [5, 5.41) is 39.8. The van der Waals surface area contributed by atoms with Crippen LogP contribution in [0.3, 0.4) is 0 Å². The fourth-order valence-corrected chi connectivity index (χ4v) is 9.21. The van der Waals surface area contributed by atoms with E-state index in [4.69, 9.17) is 5.73 Å². The molecule has 0 aliphatic heterocycles. The summed E-state index contributed by atoms with van der Waals surface area (Å²) in [7, 11) is -18.9. The summed E-state index contributed by atoms with van der Waals surface area (Å²) in [6, 6.07) is 7.52. The van der Waals surface area contributed by atoms with E-state index >= 15 is 0 Å². The van der Waals surface area contributed by atoms with Crippen LogP contribution in [0.15, 0.2) is 107 Å². The lowest BCUT2D eigenvalue weighted by atomic mass is 10.1. The minimum Gasteiger partial charge on any atom is -0.493 e. The molecule has 0 aliphatic rings. The van der Waals surface area contributed by atoms with Crippen LogP contribution in [0.4, 0.5) is 77.2 Å². The minimum atomic E-state index is -5.05. The predicted molar refractivity (Wildman–Crippen MR) is 264 cm³/mol. The maximum Gasteiger partial charge on any atom is 0.316 e. The first-order chi connectivity index (χ1) is 35.4. The molecule has 0 spiro atoms. The topological polar surface area (TPSA) is 469 Å². The van der Waals surface area contributed by atoms with E-state index < -0.39 is 125 Å². The molecule has 0 bridgehead atoms. The first-order valence-electron chi connectivity index (χ1n) is 20.9. The summed E-state index contributed by atoms with van der Waals surface area (Å²) in [6.07, 6.45) is -2.58.